The summed E-state index contributed by atoms with van der Waals surface area (Å²) in [5.74, 6) is -0.361. The summed E-state index contributed by atoms with van der Waals surface area (Å²) in [5.41, 5.74) is 1.51. The lowest BCUT2D eigenvalue weighted by Crippen LogP contribution is -2.22. The van der Waals surface area contributed by atoms with E-state index in [1.807, 2.05) is 24.3 Å². The van der Waals surface area contributed by atoms with Crippen molar-refractivity contribution in [3.05, 3.63) is 86.1 Å². The molecule has 2 aromatic heterocycles. The van der Waals surface area contributed by atoms with E-state index in [1.165, 1.54) is 23.5 Å². The molecular weight excluding hydrogens is 459 g/mol. The summed E-state index contributed by atoms with van der Waals surface area (Å²) < 4.78 is 15.3. The van der Waals surface area contributed by atoms with Crippen LogP contribution in [0.1, 0.15) is 36.1 Å². The van der Waals surface area contributed by atoms with Gasteiger partial charge >= 0.3 is 0 Å². The van der Waals surface area contributed by atoms with Crippen molar-refractivity contribution in [1.82, 2.24) is 14.5 Å². The SMILES string of the molecule is O=C(CCCCCn1c(=S)[nH]c2ccccc2c1=O)Nc1ncc(Cc2cccc(F)c2)s1. The molecule has 0 unspecified atom stereocenters. The third kappa shape index (κ3) is 6.00. The lowest BCUT2D eigenvalue weighted by atomic mass is 10.1. The van der Waals surface area contributed by atoms with Crippen LogP contribution in [0.5, 0.6) is 0 Å². The van der Waals surface area contributed by atoms with Gasteiger partial charge in [-0.25, -0.2) is 9.37 Å². The second kappa shape index (κ2) is 10.6. The lowest BCUT2D eigenvalue weighted by Gasteiger charge is -2.08. The molecule has 0 aliphatic carbocycles. The molecule has 0 spiro atoms. The maximum atomic E-state index is 13.3. The van der Waals surface area contributed by atoms with Crippen LogP contribution in [0.25, 0.3) is 10.9 Å². The van der Waals surface area contributed by atoms with Gasteiger partial charge < -0.3 is 10.3 Å². The number of fused-ring (bicyclic) bond motifs is 1. The maximum Gasteiger partial charge on any atom is 0.262 e. The van der Waals surface area contributed by atoms with E-state index in [0.29, 0.717) is 41.1 Å². The fraction of sp³-hybridized carbons (Fsp3) is 0.250. The summed E-state index contributed by atoms with van der Waals surface area (Å²) in [6, 6.07) is 13.8. The average Bonchev–Trinajstić information content (AvgIpc) is 3.22. The second-order valence-electron chi connectivity index (χ2n) is 7.73. The van der Waals surface area contributed by atoms with E-state index in [4.69, 9.17) is 12.2 Å². The zero-order chi connectivity index (χ0) is 23.2. The van der Waals surface area contributed by atoms with E-state index < -0.39 is 0 Å². The minimum absolute atomic E-state index is 0.0927. The standard InChI is InChI=1S/C24H23FN4O2S2/c25-17-8-6-7-16(13-17)14-18-15-26-23(33-18)28-21(30)11-2-1-5-12-29-22(31)19-9-3-4-10-20(19)27-24(29)32/h3-4,6-10,13,15H,1-2,5,11-12,14H2,(H,27,32)(H,26,28,30). The third-order valence-electron chi connectivity index (χ3n) is 5.24. The first-order chi connectivity index (χ1) is 16.0. The topological polar surface area (TPSA) is 79.8 Å². The number of rotatable bonds is 9. The van der Waals surface area contributed by atoms with Crippen LogP contribution in [0, 0.1) is 10.6 Å². The Morgan fingerprint density at radius 2 is 2.00 bits per heavy atom. The molecule has 33 heavy (non-hydrogen) atoms. The van der Waals surface area contributed by atoms with Crippen LogP contribution in [0.2, 0.25) is 0 Å². The van der Waals surface area contributed by atoms with E-state index in [2.05, 4.69) is 15.3 Å². The van der Waals surface area contributed by atoms with Gasteiger partial charge in [0.25, 0.3) is 5.56 Å². The third-order valence-corrected chi connectivity index (χ3v) is 6.48. The fourth-order valence-corrected chi connectivity index (χ4v) is 4.76. The van der Waals surface area contributed by atoms with E-state index in [1.54, 1.807) is 22.9 Å². The summed E-state index contributed by atoms with van der Waals surface area (Å²) in [4.78, 5) is 33.2. The Morgan fingerprint density at radius 1 is 1.15 bits per heavy atom. The molecule has 2 aromatic carbocycles. The highest BCUT2D eigenvalue weighted by atomic mass is 32.1. The van der Waals surface area contributed by atoms with Crippen LogP contribution in [-0.4, -0.2) is 20.4 Å². The van der Waals surface area contributed by atoms with Gasteiger partial charge in [-0.3, -0.25) is 14.2 Å². The van der Waals surface area contributed by atoms with Gasteiger partial charge in [0.2, 0.25) is 5.91 Å². The number of amides is 1. The van der Waals surface area contributed by atoms with Crippen molar-refractivity contribution in [2.75, 3.05) is 5.32 Å². The number of H-pyrrole nitrogens is 1. The largest absolute Gasteiger partial charge is 0.332 e. The number of aromatic amines is 1. The number of carbonyl (C=O) groups excluding carboxylic acids is 1. The summed E-state index contributed by atoms with van der Waals surface area (Å²) in [6.07, 6.45) is 4.89. The fourth-order valence-electron chi connectivity index (χ4n) is 3.61. The van der Waals surface area contributed by atoms with E-state index in [-0.39, 0.29) is 17.3 Å². The number of nitrogens with one attached hydrogen (secondary N) is 2. The Morgan fingerprint density at radius 3 is 2.85 bits per heavy atom. The van der Waals surface area contributed by atoms with Crippen molar-refractivity contribution < 1.29 is 9.18 Å². The van der Waals surface area contributed by atoms with Gasteiger partial charge in [-0.05, 0) is 54.9 Å². The number of hydrogen-bond donors (Lipinski definition) is 2. The predicted molar refractivity (Wildman–Crippen MR) is 132 cm³/mol. The molecule has 0 aliphatic heterocycles. The van der Waals surface area contributed by atoms with Crippen LogP contribution in [-0.2, 0) is 17.8 Å². The molecule has 4 aromatic rings. The Hall–Kier alpha value is -3.17. The molecule has 2 N–H and O–H groups in total. The van der Waals surface area contributed by atoms with Crippen LogP contribution in [0.4, 0.5) is 9.52 Å². The molecule has 0 radical (unpaired) electrons. The van der Waals surface area contributed by atoms with Crippen molar-refractivity contribution in [1.29, 1.82) is 0 Å². The molecule has 9 heteroatoms. The molecule has 0 atom stereocenters. The summed E-state index contributed by atoms with van der Waals surface area (Å²) >= 11 is 6.72. The molecule has 170 valence electrons. The first-order valence-corrected chi connectivity index (χ1v) is 11.9. The normalized spacial score (nSPS) is 11.1. The average molecular weight is 483 g/mol. The molecule has 0 aliphatic rings. The number of benzene rings is 2. The smallest absolute Gasteiger partial charge is 0.262 e. The van der Waals surface area contributed by atoms with Crippen molar-refractivity contribution in [2.24, 2.45) is 0 Å². The van der Waals surface area contributed by atoms with E-state index >= 15 is 0 Å². The summed E-state index contributed by atoms with van der Waals surface area (Å²) in [6.45, 7) is 0.510. The van der Waals surface area contributed by atoms with Gasteiger partial charge in [0.05, 0.1) is 10.9 Å². The number of nitrogens with zero attached hydrogens (tertiary/aromatic N) is 2. The lowest BCUT2D eigenvalue weighted by molar-refractivity contribution is -0.116. The zero-order valence-electron chi connectivity index (χ0n) is 17.8. The Labute approximate surface area is 199 Å². The minimum atomic E-state index is -0.266. The van der Waals surface area contributed by atoms with Crippen molar-refractivity contribution in [2.45, 2.75) is 38.6 Å². The molecule has 4 rings (SSSR count). The highest BCUT2D eigenvalue weighted by Gasteiger charge is 2.09. The molecular formula is C24H23FN4O2S2. The number of aromatic nitrogens is 3. The number of carbonyl (C=O) groups is 1. The molecule has 0 saturated carbocycles. The molecule has 0 bridgehead atoms. The molecule has 0 saturated heterocycles. The number of halogens is 1. The summed E-state index contributed by atoms with van der Waals surface area (Å²) in [7, 11) is 0. The van der Waals surface area contributed by atoms with E-state index in [0.717, 1.165) is 28.8 Å². The van der Waals surface area contributed by atoms with Gasteiger partial charge in [0.15, 0.2) is 9.90 Å². The first-order valence-electron chi connectivity index (χ1n) is 10.7. The Bertz CT molecular complexity index is 1390. The van der Waals surface area contributed by atoms with Crippen LogP contribution < -0.4 is 10.9 Å². The Kier molecular flexibility index (Phi) is 7.41. The molecule has 1 amide bonds. The predicted octanol–water partition coefficient (Wildman–Crippen LogP) is 5.44. The second-order valence-corrected chi connectivity index (χ2v) is 9.23. The van der Waals surface area contributed by atoms with Crippen molar-refractivity contribution in [3.8, 4) is 0 Å². The van der Waals surface area contributed by atoms with Gasteiger partial charge in [-0.1, -0.05) is 30.7 Å². The Balaban J connectivity index is 1.22. The number of anilines is 1. The van der Waals surface area contributed by atoms with Crippen molar-refractivity contribution in [3.63, 3.8) is 0 Å². The first kappa shape index (κ1) is 23.0. The number of unbranched alkanes of at least 4 members (excludes halogenated alkanes) is 2. The van der Waals surface area contributed by atoms with Crippen molar-refractivity contribution >= 4 is 45.5 Å². The summed E-state index contributed by atoms with van der Waals surface area (Å²) in [5, 5.41) is 3.98. The zero-order valence-corrected chi connectivity index (χ0v) is 19.5. The maximum absolute atomic E-state index is 13.3. The highest BCUT2D eigenvalue weighted by Crippen LogP contribution is 2.22. The minimum Gasteiger partial charge on any atom is -0.332 e. The van der Waals surface area contributed by atoms with Crippen LogP contribution in [0.15, 0.2) is 59.5 Å². The number of para-hydroxylation sites is 1. The number of thiazole rings is 1. The monoisotopic (exact) mass is 482 g/mol. The molecule has 2 heterocycles. The highest BCUT2D eigenvalue weighted by molar-refractivity contribution is 7.71. The van der Waals surface area contributed by atoms with Gasteiger partial charge in [0, 0.05) is 30.5 Å². The van der Waals surface area contributed by atoms with Gasteiger partial charge in [-0.2, -0.15) is 0 Å². The van der Waals surface area contributed by atoms with Gasteiger partial charge in [-0.15, -0.1) is 11.3 Å². The quantitative estimate of drug-likeness (QED) is 0.246. The molecule has 0 fully saturated rings. The van der Waals surface area contributed by atoms with Gasteiger partial charge in [0.1, 0.15) is 5.82 Å². The van der Waals surface area contributed by atoms with E-state index in [9.17, 15) is 14.0 Å². The number of hydrogen-bond acceptors (Lipinski definition) is 5. The van der Waals surface area contributed by atoms with Crippen LogP contribution in [0.3, 0.4) is 0 Å². The van der Waals surface area contributed by atoms with Crippen LogP contribution >= 0.6 is 23.6 Å². The molecule has 6 nitrogen and oxygen atoms in total.